The Morgan fingerprint density at radius 3 is 2.70 bits per heavy atom. The van der Waals surface area contributed by atoms with E-state index in [4.69, 9.17) is 5.10 Å². The van der Waals surface area contributed by atoms with Crippen molar-refractivity contribution >= 4 is 5.91 Å². The quantitative estimate of drug-likeness (QED) is 0.737. The van der Waals surface area contributed by atoms with Crippen LogP contribution < -0.4 is 0 Å². The largest absolute Gasteiger partial charge is 0.334 e. The Balaban J connectivity index is 1.43. The molecule has 0 N–H and O–H groups in total. The van der Waals surface area contributed by atoms with Gasteiger partial charge in [-0.1, -0.05) is 43.2 Å². The number of aryl methyl sites for hydroxylation is 2. The molecule has 0 unspecified atom stereocenters. The minimum absolute atomic E-state index is 0.315. The predicted octanol–water partition coefficient (Wildman–Crippen LogP) is 4.20. The van der Waals surface area contributed by atoms with Gasteiger partial charge < -0.3 is 4.90 Å². The molecule has 1 saturated carbocycles. The molecule has 1 heterocycles. The lowest BCUT2D eigenvalue weighted by Crippen LogP contribution is -2.38. The Bertz CT molecular complexity index is 774. The minimum Gasteiger partial charge on any atom is -0.334 e. The summed E-state index contributed by atoms with van der Waals surface area (Å²) in [6, 6.07) is 10.9. The molecule has 144 valence electrons. The second-order valence-corrected chi connectivity index (χ2v) is 8.15. The van der Waals surface area contributed by atoms with Crippen molar-refractivity contribution in [2.45, 2.75) is 76.8 Å². The monoisotopic (exact) mass is 365 g/mol. The number of hydrogen-bond acceptors (Lipinski definition) is 2. The predicted molar refractivity (Wildman–Crippen MR) is 107 cm³/mol. The van der Waals surface area contributed by atoms with Crippen LogP contribution in [0.2, 0.25) is 0 Å². The van der Waals surface area contributed by atoms with E-state index >= 15 is 0 Å². The number of fused-ring (bicyclic) bond motifs is 1. The second kappa shape index (κ2) is 8.28. The Labute approximate surface area is 162 Å². The summed E-state index contributed by atoms with van der Waals surface area (Å²) in [5, 5.41) is 4.78. The number of nitrogens with zero attached hydrogens (tertiary/aromatic N) is 3. The van der Waals surface area contributed by atoms with E-state index in [1.54, 1.807) is 0 Å². The van der Waals surface area contributed by atoms with Gasteiger partial charge in [-0.2, -0.15) is 5.10 Å². The zero-order chi connectivity index (χ0) is 18.6. The molecule has 27 heavy (non-hydrogen) atoms. The van der Waals surface area contributed by atoms with E-state index in [2.05, 4.69) is 36.2 Å². The van der Waals surface area contributed by atoms with Gasteiger partial charge in [0, 0.05) is 25.2 Å². The van der Waals surface area contributed by atoms with Crippen LogP contribution in [0.4, 0.5) is 0 Å². The Morgan fingerprint density at radius 2 is 1.93 bits per heavy atom. The van der Waals surface area contributed by atoms with Crippen molar-refractivity contribution in [2.24, 2.45) is 7.05 Å². The normalized spacial score (nSPS) is 16.6. The van der Waals surface area contributed by atoms with Gasteiger partial charge in [0.15, 0.2) is 0 Å². The fourth-order valence-electron chi connectivity index (χ4n) is 4.85. The molecule has 0 spiro atoms. The average Bonchev–Trinajstić information content (AvgIpc) is 3.41. The first kappa shape index (κ1) is 18.3. The van der Waals surface area contributed by atoms with E-state index in [9.17, 15) is 4.79 Å². The van der Waals surface area contributed by atoms with Gasteiger partial charge >= 0.3 is 0 Å². The van der Waals surface area contributed by atoms with Gasteiger partial charge in [0.25, 0.3) is 0 Å². The van der Waals surface area contributed by atoms with Crippen LogP contribution >= 0.6 is 0 Å². The maximum atomic E-state index is 13.1. The third-order valence-corrected chi connectivity index (χ3v) is 6.30. The highest BCUT2D eigenvalue weighted by atomic mass is 16.2. The van der Waals surface area contributed by atoms with E-state index in [0.29, 0.717) is 24.9 Å². The smallest absolute Gasteiger partial charge is 0.223 e. The van der Waals surface area contributed by atoms with Crippen LogP contribution in [0.5, 0.6) is 0 Å². The van der Waals surface area contributed by atoms with Crippen LogP contribution in [0.25, 0.3) is 0 Å². The molecule has 1 amide bonds. The van der Waals surface area contributed by atoms with Crippen molar-refractivity contribution in [2.75, 3.05) is 0 Å². The summed E-state index contributed by atoms with van der Waals surface area (Å²) in [4.78, 5) is 15.3. The fourth-order valence-corrected chi connectivity index (χ4v) is 4.85. The molecule has 1 aromatic heterocycles. The lowest BCUT2D eigenvalue weighted by atomic mass is 10.1. The van der Waals surface area contributed by atoms with E-state index < -0.39 is 0 Å². The van der Waals surface area contributed by atoms with Crippen molar-refractivity contribution in [3.63, 3.8) is 0 Å². The summed E-state index contributed by atoms with van der Waals surface area (Å²) >= 11 is 0. The first-order chi connectivity index (χ1) is 13.2. The first-order valence-electron chi connectivity index (χ1n) is 10.6. The molecule has 4 heteroatoms. The molecule has 4 nitrogen and oxygen atoms in total. The van der Waals surface area contributed by atoms with Crippen molar-refractivity contribution in [1.29, 1.82) is 0 Å². The molecule has 2 aliphatic rings. The summed E-state index contributed by atoms with van der Waals surface area (Å²) in [6.45, 7) is 0.706. The van der Waals surface area contributed by atoms with Gasteiger partial charge in [-0.15, -0.1) is 0 Å². The zero-order valence-electron chi connectivity index (χ0n) is 16.5. The van der Waals surface area contributed by atoms with Gasteiger partial charge in [-0.25, -0.2) is 0 Å². The Morgan fingerprint density at radius 1 is 1.15 bits per heavy atom. The lowest BCUT2D eigenvalue weighted by molar-refractivity contribution is -0.134. The molecule has 1 fully saturated rings. The van der Waals surface area contributed by atoms with Crippen molar-refractivity contribution in [3.05, 3.63) is 52.8 Å². The van der Waals surface area contributed by atoms with Crippen molar-refractivity contribution in [1.82, 2.24) is 14.7 Å². The standard InChI is InChI=1S/C23H31N3O/c1-25-22-15-8-14-20(22)21(24-25)17-26(19-12-5-6-13-19)23(27)16-7-11-18-9-3-2-4-10-18/h2-4,9-10,19H,5-8,11-17H2,1H3. The third-order valence-electron chi connectivity index (χ3n) is 6.30. The number of carbonyl (C=O) groups excluding carboxylic acids is 1. The minimum atomic E-state index is 0.315. The molecule has 0 saturated heterocycles. The molecule has 0 atom stereocenters. The maximum Gasteiger partial charge on any atom is 0.223 e. The SMILES string of the molecule is Cn1nc(CN(C(=O)CCCc2ccccc2)C2CCCC2)c2c1CCC2. The van der Waals surface area contributed by atoms with Gasteiger partial charge in [0.2, 0.25) is 5.91 Å². The number of rotatable bonds is 7. The van der Waals surface area contributed by atoms with Gasteiger partial charge in [0.1, 0.15) is 0 Å². The first-order valence-corrected chi connectivity index (χ1v) is 10.6. The van der Waals surface area contributed by atoms with Crippen molar-refractivity contribution < 1.29 is 4.79 Å². The number of aromatic nitrogens is 2. The number of carbonyl (C=O) groups is 1. The van der Waals surface area contributed by atoms with Crippen LogP contribution in [0.3, 0.4) is 0 Å². The van der Waals surface area contributed by atoms with Crippen molar-refractivity contribution in [3.8, 4) is 0 Å². The summed E-state index contributed by atoms with van der Waals surface area (Å²) in [5.74, 6) is 0.315. The number of hydrogen-bond donors (Lipinski definition) is 0. The summed E-state index contributed by atoms with van der Waals surface area (Å²) < 4.78 is 2.05. The summed E-state index contributed by atoms with van der Waals surface area (Å²) in [7, 11) is 2.05. The summed E-state index contributed by atoms with van der Waals surface area (Å²) in [5.41, 5.74) is 5.26. The molecule has 2 aromatic rings. The molecular formula is C23H31N3O. The second-order valence-electron chi connectivity index (χ2n) is 8.15. The molecule has 0 aliphatic heterocycles. The molecular weight excluding hydrogens is 334 g/mol. The molecule has 4 rings (SSSR count). The third kappa shape index (κ3) is 4.10. The van der Waals surface area contributed by atoms with Crippen LogP contribution in [0.1, 0.15) is 67.5 Å². The average molecular weight is 366 g/mol. The van der Waals surface area contributed by atoms with E-state index in [1.807, 2.05) is 10.7 Å². The van der Waals surface area contributed by atoms with Gasteiger partial charge in [-0.3, -0.25) is 9.48 Å². The van der Waals surface area contributed by atoms with Gasteiger partial charge in [0.05, 0.1) is 12.2 Å². The highest BCUT2D eigenvalue weighted by molar-refractivity contribution is 5.76. The number of amides is 1. The van der Waals surface area contributed by atoms with Crippen LogP contribution in [0.15, 0.2) is 30.3 Å². The lowest BCUT2D eigenvalue weighted by Gasteiger charge is -2.29. The highest BCUT2D eigenvalue weighted by Crippen LogP contribution is 2.29. The van der Waals surface area contributed by atoms with E-state index in [0.717, 1.165) is 44.2 Å². The van der Waals surface area contributed by atoms with Gasteiger partial charge in [-0.05, 0) is 56.1 Å². The molecule has 2 aliphatic carbocycles. The maximum absolute atomic E-state index is 13.1. The Kier molecular flexibility index (Phi) is 5.61. The van der Waals surface area contributed by atoms with Crippen LogP contribution in [0, 0.1) is 0 Å². The summed E-state index contributed by atoms with van der Waals surface area (Å²) in [6.07, 6.45) is 10.8. The number of benzene rings is 1. The zero-order valence-corrected chi connectivity index (χ0v) is 16.5. The van der Waals surface area contributed by atoms with E-state index in [-0.39, 0.29) is 0 Å². The molecule has 1 aromatic carbocycles. The Hall–Kier alpha value is -2.10. The molecule has 0 radical (unpaired) electrons. The topological polar surface area (TPSA) is 38.1 Å². The highest BCUT2D eigenvalue weighted by Gasteiger charge is 2.29. The van der Waals surface area contributed by atoms with Crippen LogP contribution in [-0.2, 0) is 37.6 Å². The van der Waals surface area contributed by atoms with Crippen LogP contribution in [-0.4, -0.2) is 26.6 Å². The molecule has 0 bridgehead atoms. The van der Waals surface area contributed by atoms with E-state index in [1.165, 1.54) is 36.1 Å². The fraction of sp³-hybridized carbons (Fsp3) is 0.565.